The SMILES string of the molecule is C#CCSCCNc1ncnc2sc(C(=O)O)c(C)c12. The lowest BCUT2D eigenvalue weighted by Gasteiger charge is -2.06. The van der Waals surface area contributed by atoms with E-state index in [2.05, 4.69) is 21.2 Å². The molecule has 0 aliphatic carbocycles. The summed E-state index contributed by atoms with van der Waals surface area (Å²) in [6, 6.07) is 0. The Morgan fingerprint density at radius 1 is 1.60 bits per heavy atom. The maximum Gasteiger partial charge on any atom is 0.346 e. The second-order valence-electron chi connectivity index (χ2n) is 3.95. The fraction of sp³-hybridized carbons (Fsp3) is 0.308. The first kappa shape index (κ1) is 14.6. The van der Waals surface area contributed by atoms with Crippen LogP contribution < -0.4 is 5.32 Å². The molecule has 2 aromatic rings. The summed E-state index contributed by atoms with van der Waals surface area (Å²) in [7, 11) is 0. The molecular formula is C13H13N3O2S2. The number of thiophene rings is 1. The lowest BCUT2D eigenvalue weighted by atomic mass is 10.2. The molecule has 0 aliphatic rings. The minimum atomic E-state index is -0.930. The van der Waals surface area contributed by atoms with Crippen molar-refractivity contribution in [3.8, 4) is 12.3 Å². The van der Waals surface area contributed by atoms with Gasteiger partial charge in [0.15, 0.2) is 0 Å². The van der Waals surface area contributed by atoms with Crippen LogP contribution in [0.3, 0.4) is 0 Å². The lowest BCUT2D eigenvalue weighted by Crippen LogP contribution is -2.06. The quantitative estimate of drug-likeness (QED) is 0.631. The van der Waals surface area contributed by atoms with E-state index in [1.54, 1.807) is 18.7 Å². The summed E-state index contributed by atoms with van der Waals surface area (Å²) < 4.78 is 0. The standard InChI is InChI=1S/C13H13N3O2S2/c1-3-5-19-6-4-14-11-9-8(2)10(13(17)18)20-12(9)16-7-15-11/h1,7H,4-6H2,2H3,(H,17,18)(H,14,15,16). The van der Waals surface area contributed by atoms with Crippen molar-refractivity contribution < 1.29 is 9.90 Å². The molecule has 104 valence electrons. The number of aromatic carboxylic acids is 1. The van der Waals surface area contributed by atoms with Crippen molar-refractivity contribution in [2.75, 3.05) is 23.4 Å². The van der Waals surface area contributed by atoms with E-state index in [9.17, 15) is 4.79 Å². The van der Waals surface area contributed by atoms with Crippen LogP contribution in [0, 0.1) is 19.3 Å². The Balaban J connectivity index is 2.21. The minimum Gasteiger partial charge on any atom is -0.477 e. The van der Waals surface area contributed by atoms with Gasteiger partial charge in [0.2, 0.25) is 0 Å². The van der Waals surface area contributed by atoms with Gasteiger partial charge < -0.3 is 10.4 Å². The van der Waals surface area contributed by atoms with E-state index in [-0.39, 0.29) is 0 Å². The van der Waals surface area contributed by atoms with E-state index in [1.807, 2.05) is 0 Å². The number of hydrogen-bond donors (Lipinski definition) is 2. The van der Waals surface area contributed by atoms with E-state index in [0.29, 0.717) is 26.8 Å². The number of carboxylic acids is 1. The third-order valence-electron chi connectivity index (χ3n) is 2.65. The third-order valence-corrected chi connectivity index (χ3v) is 4.70. The molecule has 0 fully saturated rings. The molecule has 2 N–H and O–H groups in total. The molecule has 2 aromatic heterocycles. The zero-order chi connectivity index (χ0) is 14.5. The van der Waals surface area contributed by atoms with Crippen molar-refractivity contribution in [2.45, 2.75) is 6.92 Å². The predicted octanol–water partition coefficient (Wildman–Crippen LogP) is 2.48. The minimum absolute atomic E-state index is 0.310. The maximum absolute atomic E-state index is 11.2. The summed E-state index contributed by atoms with van der Waals surface area (Å²) in [5.41, 5.74) is 0.705. The highest BCUT2D eigenvalue weighted by atomic mass is 32.2. The second-order valence-corrected chi connectivity index (χ2v) is 6.05. The molecule has 0 aliphatic heterocycles. The van der Waals surface area contributed by atoms with E-state index >= 15 is 0 Å². The Kier molecular flexibility index (Phi) is 4.82. The fourth-order valence-electron chi connectivity index (χ4n) is 1.78. The highest BCUT2D eigenvalue weighted by Gasteiger charge is 2.18. The van der Waals surface area contributed by atoms with Crippen LogP contribution in [0.4, 0.5) is 5.82 Å². The number of hydrogen-bond acceptors (Lipinski definition) is 6. The Labute approximate surface area is 124 Å². The smallest absolute Gasteiger partial charge is 0.346 e. The predicted molar refractivity (Wildman–Crippen MR) is 83.8 cm³/mol. The zero-order valence-corrected chi connectivity index (χ0v) is 12.5. The van der Waals surface area contributed by atoms with Crippen LogP contribution >= 0.6 is 23.1 Å². The molecule has 0 amide bonds. The van der Waals surface area contributed by atoms with Crippen LogP contribution in [0.25, 0.3) is 10.2 Å². The van der Waals surface area contributed by atoms with Gasteiger partial charge in [-0.25, -0.2) is 14.8 Å². The topological polar surface area (TPSA) is 75.1 Å². The summed E-state index contributed by atoms with van der Waals surface area (Å²) in [5.74, 6) is 3.86. The number of anilines is 1. The van der Waals surface area contributed by atoms with Gasteiger partial charge in [-0.15, -0.1) is 29.5 Å². The van der Waals surface area contributed by atoms with Crippen molar-refractivity contribution in [1.82, 2.24) is 9.97 Å². The summed E-state index contributed by atoms with van der Waals surface area (Å²) in [6.07, 6.45) is 6.63. The van der Waals surface area contributed by atoms with Crippen molar-refractivity contribution >= 4 is 45.1 Å². The molecular weight excluding hydrogens is 294 g/mol. The molecule has 5 nitrogen and oxygen atoms in total. The first-order valence-corrected chi connectivity index (χ1v) is 7.84. The number of carboxylic acid groups (broad SMARTS) is 1. The number of aromatic nitrogens is 2. The number of nitrogens with one attached hydrogen (secondary N) is 1. The number of carbonyl (C=O) groups is 1. The van der Waals surface area contributed by atoms with Gasteiger partial charge in [-0.1, -0.05) is 5.92 Å². The Morgan fingerprint density at radius 3 is 3.10 bits per heavy atom. The third kappa shape index (κ3) is 3.03. The van der Waals surface area contributed by atoms with Crippen LogP contribution in [0.1, 0.15) is 15.2 Å². The Morgan fingerprint density at radius 2 is 2.40 bits per heavy atom. The van der Waals surface area contributed by atoms with Gasteiger partial charge in [0, 0.05) is 12.3 Å². The van der Waals surface area contributed by atoms with Crippen molar-refractivity contribution in [2.24, 2.45) is 0 Å². The molecule has 0 saturated heterocycles. The van der Waals surface area contributed by atoms with E-state index < -0.39 is 5.97 Å². The Hall–Kier alpha value is -1.78. The Bertz CT molecular complexity index is 676. The van der Waals surface area contributed by atoms with E-state index in [1.165, 1.54) is 17.7 Å². The van der Waals surface area contributed by atoms with Crippen LogP contribution in [0.2, 0.25) is 0 Å². The number of nitrogens with zero attached hydrogens (tertiary/aromatic N) is 2. The van der Waals surface area contributed by atoms with Gasteiger partial charge >= 0.3 is 5.97 Å². The van der Waals surface area contributed by atoms with Gasteiger partial charge in [0.1, 0.15) is 21.9 Å². The number of fused-ring (bicyclic) bond motifs is 1. The highest BCUT2D eigenvalue weighted by Crippen LogP contribution is 2.33. The fourth-order valence-corrected chi connectivity index (χ4v) is 3.28. The normalized spacial score (nSPS) is 10.4. The summed E-state index contributed by atoms with van der Waals surface area (Å²) in [6.45, 7) is 2.50. The summed E-state index contributed by atoms with van der Waals surface area (Å²) in [4.78, 5) is 20.5. The monoisotopic (exact) mass is 307 g/mol. The number of aryl methyl sites for hydroxylation is 1. The molecule has 0 saturated carbocycles. The van der Waals surface area contributed by atoms with Crippen molar-refractivity contribution in [1.29, 1.82) is 0 Å². The largest absolute Gasteiger partial charge is 0.477 e. The van der Waals surface area contributed by atoms with Gasteiger partial charge in [0.25, 0.3) is 0 Å². The lowest BCUT2D eigenvalue weighted by molar-refractivity contribution is 0.0701. The molecule has 0 spiro atoms. The van der Waals surface area contributed by atoms with Gasteiger partial charge in [-0.05, 0) is 12.5 Å². The molecule has 2 rings (SSSR count). The maximum atomic E-state index is 11.2. The van der Waals surface area contributed by atoms with Gasteiger partial charge in [-0.3, -0.25) is 0 Å². The average Bonchev–Trinajstić information content (AvgIpc) is 2.77. The van der Waals surface area contributed by atoms with Crippen LogP contribution in [0.5, 0.6) is 0 Å². The second kappa shape index (κ2) is 6.59. The molecule has 20 heavy (non-hydrogen) atoms. The van der Waals surface area contributed by atoms with E-state index in [4.69, 9.17) is 11.5 Å². The summed E-state index contributed by atoms with van der Waals surface area (Å²) >= 11 is 2.83. The van der Waals surface area contributed by atoms with Gasteiger partial charge in [0.05, 0.1) is 11.1 Å². The van der Waals surface area contributed by atoms with Crippen LogP contribution in [0.15, 0.2) is 6.33 Å². The first-order valence-electron chi connectivity index (χ1n) is 5.87. The average molecular weight is 307 g/mol. The zero-order valence-electron chi connectivity index (χ0n) is 10.8. The molecule has 0 aromatic carbocycles. The first-order chi connectivity index (χ1) is 9.65. The van der Waals surface area contributed by atoms with Crippen molar-refractivity contribution in [3.05, 3.63) is 16.8 Å². The molecule has 2 heterocycles. The summed E-state index contributed by atoms with van der Waals surface area (Å²) in [5, 5.41) is 13.2. The number of rotatable bonds is 6. The van der Waals surface area contributed by atoms with Gasteiger partial charge in [-0.2, -0.15) is 0 Å². The van der Waals surface area contributed by atoms with Crippen molar-refractivity contribution in [3.63, 3.8) is 0 Å². The van der Waals surface area contributed by atoms with E-state index in [0.717, 1.165) is 17.7 Å². The molecule has 0 radical (unpaired) electrons. The highest BCUT2D eigenvalue weighted by molar-refractivity contribution is 7.99. The van der Waals surface area contributed by atoms with Crippen LogP contribution in [-0.2, 0) is 0 Å². The molecule has 0 atom stereocenters. The molecule has 0 bridgehead atoms. The number of thioether (sulfide) groups is 1. The molecule has 7 heteroatoms. The number of terminal acetylenes is 1. The molecule has 0 unspecified atom stereocenters. The van der Waals surface area contributed by atoms with Crippen LogP contribution in [-0.4, -0.2) is 39.1 Å².